The van der Waals surface area contributed by atoms with Crippen molar-refractivity contribution in [2.24, 2.45) is 5.41 Å². The summed E-state index contributed by atoms with van der Waals surface area (Å²) in [5.41, 5.74) is 1.52. The van der Waals surface area contributed by atoms with Gasteiger partial charge in [0, 0.05) is 30.8 Å². The Morgan fingerprint density at radius 2 is 2.10 bits per heavy atom. The second kappa shape index (κ2) is 5.83. The van der Waals surface area contributed by atoms with Crippen LogP contribution in [0.4, 0.5) is 5.69 Å². The Morgan fingerprint density at radius 1 is 1.40 bits per heavy atom. The fourth-order valence-corrected chi connectivity index (χ4v) is 2.75. The fraction of sp³-hybridized carbons (Fsp3) is 0.562. The summed E-state index contributed by atoms with van der Waals surface area (Å²) < 4.78 is 5.69. The highest BCUT2D eigenvalue weighted by molar-refractivity contribution is 5.99. The summed E-state index contributed by atoms with van der Waals surface area (Å²) in [6.07, 6.45) is 1.12. The maximum Gasteiger partial charge on any atom is 0.253 e. The van der Waals surface area contributed by atoms with Crippen molar-refractivity contribution in [1.82, 2.24) is 5.32 Å². The third-order valence-electron chi connectivity index (χ3n) is 4.29. The highest BCUT2D eigenvalue weighted by Gasteiger charge is 2.49. The first-order valence-corrected chi connectivity index (χ1v) is 7.20. The molecule has 110 valence electrons. The van der Waals surface area contributed by atoms with E-state index in [1.54, 1.807) is 0 Å². The molecule has 4 nitrogen and oxygen atoms in total. The van der Waals surface area contributed by atoms with Crippen LogP contribution in [0.2, 0.25) is 0 Å². The first-order valence-electron chi connectivity index (χ1n) is 7.20. The molecule has 2 unspecified atom stereocenters. The van der Waals surface area contributed by atoms with Crippen molar-refractivity contribution >= 4 is 11.6 Å². The zero-order valence-electron chi connectivity index (χ0n) is 12.7. The Bertz CT molecular complexity index is 485. The maximum absolute atomic E-state index is 12.4. The minimum atomic E-state index is -0.0250. The standard InChI is InChI=1S/C16H24N2O2/c1-5-20-14-10-13(16(14,2)3)18-15(19)11-8-6-7-9-12(11)17-4/h6-9,13-14,17H,5,10H2,1-4H3,(H,18,19). The van der Waals surface area contributed by atoms with E-state index in [9.17, 15) is 4.79 Å². The van der Waals surface area contributed by atoms with E-state index in [0.29, 0.717) is 5.56 Å². The molecule has 20 heavy (non-hydrogen) atoms. The summed E-state index contributed by atoms with van der Waals surface area (Å²) in [6, 6.07) is 7.71. The molecule has 1 aliphatic carbocycles. The van der Waals surface area contributed by atoms with E-state index in [-0.39, 0.29) is 23.5 Å². The van der Waals surface area contributed by atoms with Gasteiger partial charge < -0.3 is 15.4 Å². The van der Waals surface area contributed by atoms with Crippen LogP contribution in [-0.2, 0) is 4.74 Å². The van der Waals surface area contributed by atoms with Gasteiger partial charge in [-0.05, 0) is 25.5 Å². The van der Waals surface area contributed by atoms with Crippen LogP contribution in [0.3, 0.4) is 0 Å². The monoisotopic (exact) mass is 276 g/mol. The molecule has 0 saturated heterocycles. The average molecular weight is 276 g/mol. The summed E-state index contributed by atoms with van der Waals surface area (Å²) in [5, 5.41) is 6.18. The molecular weight excluding hydrogens is 252 g/mol. The van der Waals surface area contributed by atoms with Crippen LogP contribution in [0, 0.1) is 5.41 Å². The van der Waals surface area contributed by atoms with Crippen molar-refractivity contribution in [3.63, 3.8) is 0 Å². The van der Waals surface area contributed by atoms with Crippen molar-refractivity contribution in [3.05, 3.63) is 29.8 Å². The number of ether oxygens (including phenoxy) is 1. The molecule has 0 aromatic heterocycles. The van der Waals surface area contributed by atoms with Gasteiger partial charge in [-0.2, -0.15) is 0 Å². The quantitative estimate of drug-likeness (QED) is 0.869. The number of anilines is 1. The van der Waals surface area contributed by atoms with E-state index in [1.165, 1.54) is 0 Å². The molecule has 0 heterocycles. The number of hydrogen-bond acceptors (Lipinski definition) is 3. The lowest BCUT2D eigenvalue weighted by Gasteiger charge is -2.51. The molecule has 0 radical (unpaired) electrons. The lowest BCUT2D eigenvalue weighted by molar-refractivity contribution is -0.111. The SMILES string of the molecule is CCOC1CC(NC(=O)c2ccccc2NC)C1(C)C. The minimum absolute atomic E-state index is 0.0136. The van der Waals surface area contributed by atoms with Gasteiger partial charge in [-0.25, -0.2) is 0 Å². The summed E-state index contributed by atoms with van der Waals surface area (Å²) in [6.45, 7) is 7.01. The zero-order chi connectivity index (χ0) is 14.8. The van der Waals surface area contributed by atoms with Crippen molar-refractivity contribution in [2.45, 2.75) is 39.3 Å². The number of para-hydroxylation sites is 1. The molecule has 4 heteroatoms. The van der Waals surface area contributed by atoms with Crippen LogP contribution in [0.25, 0.3) is 0 Å². The molecule has 2 atom stereocenters. The van der Waals surface area contributed by atoms with E-state index >= 15 is 0 Å². The topological polar surface area (TPSA) is 50.4 Å². The molecule has 1 aliphatic rings. The second-order valence-corrected chi connectivity index (χ2v) is 5.82. The number of carbonyl (C=O) groups excluding carboxylic acids is 1. The molecule has 1 saturated carbocycles. The Labute approximate surface area is 120 Å². The van der Waals surface area contributed by atoms with Gasteiger partial charge in [0.25, 0.3) is 5.91 Å². The summed E-state index contributed by atoms with van der Waals surface area (Å²) >= 11 is 0. The maximum atomic E-state index is 12.4. The van der Waals surface area contributed by atoms with E-state index in [0.717, 1.165) is 18.7 Å². The second-order valence-electron chi connectivity index (χ2n) is 5.82. The Balaban J connectivity index is 2.03. The Kier molecular flexibility index (Phi) is 4.33. The summed E-state index contributed by atoms with van der Waals surface area (Å²) in [7, 11) is 1.82. The number of nitrogens with one attached hydrogen (secondary N) is 2. The van der Waals surface area contributed by atoms with Gasteiger partial charge in [-0.15, -0.1) is 0 Å². The average Bonchev–Trinajstić information content (AvgIpc) is 2.46. The van der Waals surface area contributed by atoms with Crippen LogP contribution in [0.15, 0.2) is 24.3 Å². The molecule has 1 fully saturated rings. The van der Waals surface area contributed by atoms with Crippen LogP contribution < -0.4 is 10.6 Å². The summed E-state index contributed by atoms with van der Waals surface area (Å²) in [5.74, 6) is -0.0250. The largest absolute Gasteiger partial charge is 0.387 e. The van der Waals surface area contributed by atoms with E-state index in [4.69, 9.17) is 4.74 Å². The molecule has 2 rings (SSSR count). The summed E-state index contributed by atoms with van der Waals surface area (Å²) in [4.78, 5) is 12.4. The van der Waals surface area contributed by atoms with Crippen molar-refractivity contribution in [2.75, 3.05) is 19.0 Å². The van der Waals surface area contributed by atoms with E-state index in [1.807, 2.05) is 38.2 Å². The van der Waals surface area contributed by atoms with Gasteiger partial charge in [0.15, 0.2) is 0 Å². The highest BCUT2D eigenvalue weighted by atomic mass is 16.5. The fourth-order valence-electron chi connectivity index (χ4n) is 2.75. The minimum Gasteiger partial charge on any atom is -0.387 e. The van der Waals surface area contributed by atoms with Crippen molar-refractivity contribution in [1.29, 1.82) is 0 Å². The van der Waals surface area contributed by atoms with Crippen molar-refractivity contribution in [3.8, 4) is 0 Å². The van der Waals surface area contributed by atoms with Gasteiger partial charge in [0.1, 0.15) is 0 Å². The van der Waals surface area contributed by atoms with Gasteiger partial charge in [-0.1, -0.05) is 26.0 Å². The van der Waals surface area contributed by atoms with Crippen LogP contribution in [0.5, 0.6) is 0 Å². The van der Waals surface area contributed by atoms with Crippen molar-refractivity contribution < 1.29 is 9.53 Å². The third-order valence-corrected chi connectivity index (χ3v) is 4.29. The molecule has 0 spiro atoms. The molecule has 0 bridgehead atoms. The molecule has 1 amide bonds. The molecule has 1 aromatic carbocycles. The number of amides is 1. The zero-order valence-corrected chi connectivity index (χ0v) is 12.7. The molecule has 0 aliphatic heterocycles. The Hall–Kier alpha value is -1.55. The lowest BCUT2D eigenvalue weighted by Crippen LogP contribution is -2.62. The highest BCUT2D eigenvalue weighted by Crippen LogP contribution is 2.42. The number of hydrogen-bond donors (Lipinski definition) is 2. The van der Waals surface area contributed by atoms with Crippen LogP contribution >= 0.6 is 0 Å². The predicted octanol–water partition coefficient (Wildman–Crippen LogP) is 2.66. The first-order chi connectivity index (χ1) is 9.50. The number of carbonyl (C=O) groups is 1. The van der Waals surface area contributed by atoms with Gasteiger partial charge in [0.2, 0.25) is 0 Å². The van der Waals surface area contributed by atoms with E-state index in [2.05, 4.69) is 24.5 Å². The third kappa shape index (κ3) is 2.66. The number of rotatable bonds is 5. The normalized spacial score (nSPS) is 23.8. The van der Waals surface area contributed by atoms with Gasteiger partial charge >= 0.3 is 0 Å². The van der Waals surface area contributed by atoms with Gasteiger partial charge in [0.05, 0.1) is 11.7 Å². The lowest BCUT2D eigenvalue weighted by atomic mass is 9.64. The molecular formula is C16H24N2O2. The van der Waals surface area contributed by atoms with Crippen LogP contribution in [-0.4, -0.2) is 31.7 Å². The Morgan fingerprint density at radius 3 is 2.70 bits per heavy atom. The van der Waals surface area contributed by atoms with E-state index < -0.39 is 0 Å². The first kappa shape index (κ1) is 14.9. The van der Waals surface area contributed by atoms with Gasteiger partial charge in [-0.3, -0.25) is 4.79 Å². The molecule has 2 N–H and O–H groups in total. The smallest absolute Gasteiger partial charge is 0.253 e. The van der Waals surface area contributed by atoms with Crippen LogP contribution in [0.1, 0.15) is 37.6 Å². The molecule has 1 aromatic rings. The predicted molar refractivity (Wildman–Crippen MR) is 81.1 cm³/mol. The number of benzene rings is 1.